The highest BCUT2D eigenvalue weighted by atomic mass is 32.2. The topological polar surface area (TPSA) is 63.6 Å². The van der Waals surface area contributed by atoms with Crippen molar-refractivity contribution in [2.75, 3.05) is 6.61 Å². The summed E-state index contributed by atoms with van der Waals surface area (Å²) in [5, 5.41) is 9.62. The lowest BCUT2D eigenvalue weighted by atomic mass is 10.2. The van der Waals surface area contributed by atoms with Crippen molar-refractivity contribution in [1.82, 2.24) is 0 Å². The Morgan fingerprint density at radius 3 is 2.64 bits per heavy atom. The molecule has 0 heterocycles. The number of phenolic OH excluding ortho intramolecular Hbond substituents is 1. The van der Waals surface area contributed by atoms with Crippen molar-refractivity contribution in [2.24, 2.45) is 0 Å². The van der Waals surface area contributed by atoms with Crippen LogP contribution in [0.25, 0.3) is 0 Å². The SMILES string of the molecule is O=Cc1ccc(OCCCC(=O)Sc2ccccc2)cc1O. The molecule has 0 aromatic heterocycles. The van der Waals surface area contributed by atoms with Gasteiger partial charge in [-0.15, -0.1) is 0 Å². The van der Waals surface area contributed by atoms with Crippen LogP contribution in [0.3, 0.4) is 0 Å². The summed E-state index contributed by atoms with van der Waals surface area (Å²) in [6, 6.07) is 14.0. The van der Waals surface area contributed by atoms with Crippen LogP contribution in [0.1, 0.15) is 23.2 Å². The molecular formula is C17H16O4S. The van der Waals surface area contributed by atoms with Crippen molar-refractivity contribution in [1.29, 1.82) is 0 Å². The summed E-state index contributed by atoms with van der Waals surface area (Å²) >= 11 is 1.22. The fourth-order valence-corrected chi connectivity index (χ4v) is 2.59. The third kappa shape index (κ3) is 4.93. The largest absolute Gasteiger partial charge is 0.507 e. The molecule has 0 bridgehead atoms. The zero-order chi connectivity index (χ0) is 15.8. The van der Waals surface area contributed by atoms with E-state index in [1.807, 2.05) is 30.3 Å². The summed E-state index contributed by atoms with van der Waals surface area (Å²) in [4.78, 5) is 23.3. The molecule has 2 aromatic carbocycles. The first-order chi connectivity index (χ1) is 10.7. The lowest BCUT2D eigenvalue weighted by Crippen LogP contribution is -2.01. The lowest BCUT2D eigenvalue weighted by molar-refractivity contribution is -0.111. The molecule has 0 saturated carbocycles. The third-order valence-electron chi connectivity index (χ3n) is 2.90. The van der Waals surface area contributed by atoms with Gasteiger partial charge in [0.2, 0.25) is 0 Å². The highest BCUT2D eigenvalue weighted by Gasteiger charge is 2.06. The Hall–Kier alpha value is -2.27. The van der Waals surface area contributed by atoms with E-state index >= 15 is 0 Å². The van der Waals surface area contributed by atoms with Gasteiger partial charge in [0.15, 0.2) is 11.4 Å². The number of aldehydes is 1. The van der Waals surface area contributed by atoms with Crippen LogP contribution in [0.2, 0.25) is 0 Å². The number of aromatic hydroxyl groups is 1. The quantitative estimate of drug-likeness (QED) is 0.479. The smallest absolute Gasteiger partial charge is 0.193 e. The second kappa shape index (κ2) is 8.24. The first-order valence-electron chi connectivity index (χ1n) is 6.86. The van der Waals surface area contributed by atoms with Crippen LogP contribution < -0.4 is 4.74 Å². The Labute approximate surface area is 133 Å². The maximum atomic E-state index is 11.8. The molecule has 0 aliphatic rings. The van der Waals surface area contributed by atoms with Crippen molar-refractivity contribution in [3.8, 4) is 11.5 Å². The number of ether oxygens (including phenoxy) is 1. The molecule has 0 amide bonds. The van der Waals surface area contributed by atoms with E-state index in [1.54, 1.807) is 6.07 Å². The number of carbonyl (C=O) groups excluding carboxylic acids is 2. The van der Waals surface area contributed by atoms with Crippen LogP contribution in [0.4, 0.5) is 0 Å². The second-order valence-electron chi connectivity index (χ2n) is 4.58. The first kappa shape index (κ1) is 16.1. The maximum absolute atomic E-state index is 11.8. The Kier molecular flexibility index (Phi) is 6.03. The molecule has 4 nitrogen and oxygen atoms in total. The highest BCUT2D eigenvalue weighted by Crippen LogP contribution is 2.23. The molecule has 114 valence electrons. The van der Waals surface area contributed by atoms with E-state index < -0.39 is 0 Å². The molecular weight excluding hydrogens is 300 g/mol. The summed E-state index contributed by atoms with van der Waals surface area (Å²) < 4.78 is 5.45. The number of hydrogen-bond donors (Lipinski definition) is 1. The Morgan fingerprint density at radius 1 is 1.18 bits per heavy atom. The van der Waals surface area contributed by atoms with Gasteiger partial charge in [-0.2, -0.15) is 0 Å². The second-order valence-corrected chi connectivity index (χ2v) is 5.71. The van der Waals surface area contributed by atoms with E-state index in [2.05, 4.69) is 0 Å². The number of hydrogen-bond acceptors (Lipinski definition) is 5. The summed E-state index contributed by atoms with van der Waals surface area (Å²) in [6.07, 6.45) is 1.59. The van der Waals surface area contributed by atoms with Crippen molar-refractivity contribution < 1.29 is 19.4 Å². The Balaban J connectivity index is 1.72. The van der Waals surface area contributed by atoms with Gasteiger partial charge in [-0.05, 0) is 30.7 Å². The van der Waals surface area contributed by atoms with Crippen LogP contribution in [0, 0.1) is 0 Å². The molecule has 22 heavy (non-hydrogen) atoms. The molecule has 5 heteroatoms. The van der Waals surface area contributed by atoms with E-state index in [4.69, 9.17) is 4.74 Å². The van der Waals surface area contributed by atoms with Gasteiger partial charge in [0, 0.05) is 17.4 Å². The molecule has 0 radical (unpaired) electrons. The minimum absolute atomic E-state index is 0.0916. The molecule has 2 aromatic rings. The minimum atomic E-state index is -0.108. The van der Waals surface area contributed by atoms with Crippen LogP contribution in [0.5, 0.6) is 11.5 Å². The minimum Gasteiger partial charge on any atom is -0.507 e. The van der Waals surface area contributed by atoms with Gasteiger partial charge in [-0.1, -0.05) is 30.0 Å². The highest BCUT2D eigenvalue weighted by molar-refractivity contribution is 8.13. The molecule has 2 rings (SSSR count). The van der Waals surface area contributed by atoms with Gasteiger partial charge >= 0.3 is 0 Å². The van der Waals surface area contributed by atoms with Crippen molar-refractivity contribution >= 4 is 23.2 Å². The van der Waals surface area contributed by atoms with Crippen LogP contribution >= 0.6 is 11.8 Å². The van der Waals surface area contributed by atoms with Gasteiger partial charge in [0.1, 0.15) is 11.5 Å². The average molecular weight is 316 g/mol. The number of carbonyl (C=O) groups is 2. The predicted molar refractivity (Wildman–Crippen MR) is 85.5 cm³/mol. The number of thioether (sulfide) groups is 1. The average Bonchev–Trinajstić information content (AvgIpc) is 2.53. The summed E-state index contributed by atoms with van der Waals surface area (Å²) in [5.41, 5.74) is 0.224. The summed E-state index contributed by atoms with van der Waals surface area (Å²) in [6.45, 7) is 0.376. The first-order valence-corrected chi connectivity index (χ1v) is 7.67. The van der Waals surface area contributed by atoms with Crippen LogP contribution in [0.15, 0.2) is 53.4 Å². The zero-order valence-electron chi connectivity index (χ0n) is 11.9. The number of benzene rings is 2. The predicted octanol–water partition coefficient (Wildman–Crippen LogP) is 3.68. The molecule has 0 saturated heterocycles. The van der Waals surface area contributed by atoms with E-state index in [-0.39, 0.29) is 16.4 Å². The summed E-state index contributed by atoms with van der Waals surface area (Å²) in [5.74, 6) is 0.370. The van der Waals surface area contributed by atoms with E-state index in [0.717, 1.165) is 4.90 Å². The van der Waals surface area contributed by atoms with E-state index in [0.29, 0.717) is 31.5 Å². The van der Waals surface area contributed by atoms with Gasteiger partial charge in [-0.25, -0.2) is 0 Å². The van der Waals surface area contributed by atoms with Gasteiger partial charge in [0.05, 0.1) is 12.2 Å². The number of phenols is 1. The van der Waals surface area contributed by atoms with E-state index in [1.165, 1.54) is 23.9 Å². The van der Waals surface area contributed by atoms with Gasteiger partial charge in [-0.3, -0.25) is 9.59 Å². The molecule has 0 unspecified atom stereocenters. The molecule has 0 spiro atoms. The molecule has 1 N–H and O–H groups in total. The zero-order valence-corrected chi connectivity index (χ0v) is 12.7. The van der Waals surface area contributed by atoms with Crippen molar-refractivity contribution in [2.45, 2.75) is 17.7 Å². The van der Waals surface area contributed by atoms with Crippen LogP contribution in [-0.2, 0) is 4.79 Å². The standard InChI is InChI=1S/C17H16O4S/c18-12-13-8-9-14(11-16(13)19)21-10-4-7-17(20)22-15-5-2-1-3-6-15/h1-3,5-6,8-9,11-12,19H,4,7,10H2. The fourth-order valence-electron chi connectivity index (χ4n) is 1.79. The monoisotopic (exact) mass is 316 g/mol. The normalized spacial score (nSPS) is 10.2. The lowest BCUT2D eigenvalue weighted by Gasteiger charge is -2.07. The van der Waals surface area contributed by atoms with Crippen LogP contribution in [-0.4, -0.2) is 23.1 Å². The van der Waals surface area contributed by atoms with E-state index in [9.17, 15) is 14.7 Å². The van der Waals surface area contributed by atoms with Gasteiger partial charge in [0.25, 0.3) is 0 Å². The molecule has 0 aliphatic heterocycles. The Morgan fingerprint density at radius 2 is 1.95 bits per heavy atom. The fraction of sp³-hybridized carbons (Fsp3) is 0.176. The maximum Gasteiger partial charge on any atom is 0.193 e. The number of rotatable bonds is 7. The van der Waals surface area contributed by atoms with Crippen molar-refractivity contribution in [3.05, 3.63) is 54.1 Å². The third-order valence-corrected chi connectivity index (χ3v) is 3.84. The molecule has 0 fully saturated rings. The van der Waals surface area contributed by atoms with Gasteiger partial charge < -0.3 is 9.84 Å². The van der Waals surface area contributed by atoms with Crippen molar-refractivity contribution in [3.63, 3.8) is 0 Å². The Bertz CT molecular complexity index is 640. The summed E-state index contributed by atoms with van der Waals surface area (Å²) in [7, 11) is 0. The molecule has 0 atom stereocenters. The molecule has 0 aliphatic carbocycles.